The molecule has 0 heterocycles. The maximum atomic E-state index is 6.37. The van der Waals surface area contributed by atoms with Gasteiger partial charge < -0.3 is 5.73 Å². The molecular formula is C19H30N2. The van der Waals surface area contributed by atoms with Crippen LogP contribution in [0.15, 0.2) is 24.3 Å². The number of rotatable bonds is 5. The van der Waals surface area contributed by atoms with Crippen LogP contribution in [0, 0.1) is 5.92 Å². The van der Waals surface area contributed by atoms with Gasteiger partial charge in [0.2, 0.25) is 0 Å². The Kier molecular flexibility index (Phi) is 4.37. The molecule has 2 N–H and O–H groups in total. The summed E-state index contributed by atoms with van der Waals surface area (Å²) < 4.78 is 0. The monoisotopic (exact) mass is 286 g/mol. The molecule has 2 nitrogen and oxygen atoms in total. The largest absolute Gasteiger partial charge is 0.328 e. The summed E-state index contributed by atoms with van der Waals surface area (Å²) in [6, 6.07) is 9.03. The predicted molar refractivity (Wildman–Crippen MR) is 89.4 cm³/mol. The molecule has 1 aromatic rings. The van der Waals surface area contributed by atoms with E-state index in [0.717, 1.165) is 19.0 Å². The van der Waals surface area contributed by atoms with E-state index in [1.807, 2.05) is 0 Å². The Morgan fingerprint density at radius 1 is 1.24 bits per heavy atom. The average molecular weight is 286 g/mol. The van der Waals surface area contributed by atoms with E-state index in [-0.39, 0.29) is 5.54 Å². The van der Waals surface area contributed by atoms with Crippen LogP contribution in [0.4, 0.5) is 0 Å². The molecule has 0 bridgehead atoms. The molecule has 3 rings (SSSR count). The highest BCUT2D eigenvalue weighted by atomic mass is 15.2. The van der Waals surface area contributed by atoms with Gasteiger partial charge in [-0.2, -0.15) is 0 Å². The number of fused-ring (bicyclic) bond motifs is 1. The highest BCUT2D eigenvalue weighted by Crippen LogP contribution is 2.45. The van der Waals surface area contributed by atoms with Crippen molar-refractivity contribution in [2.45, 2.75) is 57.4 Å². The van der Waals surface area contributed by atoms with Crippen molar-refractivity contribution >= 4 is 0 Å². The van der Waals surface area contributed by atoms with Crippen LogP contribution in [-0.2, 0) is 5.54 Å². The fraction of sp³-hybridized carbons (Fsp3) is 0.684. The van der Waals surface area contributed by atoms with E-state index in [0.29, 0.717) is 5.92 Å². The molecule has 2 unspecified atom stereocenters. The standard InChI is InChI=1S/C19H30N2/c1-3-21(13-16-7-6-8-16)19(14-20)12-11-15(2)17-9-4-5-10-18(17)19/h4-5,9-10,15-16H,3,6-8,11-14,20H2,1-2H3. The van der Waals surface area contributed by atoms with E-state index < -0.39 is 0 Å². The molecular weight excluding hydrogens is 256 g/mol. The molecule has 1 aromatic carbocycles. The van der Waals surface area contributed by atoms with Crippen LogP contribution >= 0.6 is 0 Å². The van der Waals surface area contributed by atoms with Crippen molar-refractivity contribution < 1.29 is 0 Å². The van der Waals surface area contributed by atoms with Gasteiger partial charge in [-0.3, -0.25) is 4.90 Å². The Balaban J connectivity index is 1.96. The fourth-order valence-corrected chi connectivity index (χ4v) is 4.36. The molecule has 0 aromatic heterocycles. The van der Waals surface area contributed by atoms with Gasteiger partial charge in [-0.15, -0.1) is 0 Å². The molecule has 21 heavy (non-hydrogen) atoms. The van der Waals surface area contributed by atoms with Gasteiger partial charge in [-0.1, -0.05) is 44.5 Å². The minimum Gasteiger partial charge on any atom is -0.328 e. The third-order valence-electron chi connectivity index (χ3n) is 6.01. The average Bonchev–Trinajstić information content (AvgIpc) is 2.48. The smallest absolute Gasteiger partial charge is 0.0586 e. The lowest BCUT2D eigenvalue weighted by atomic mass is 9.70. The van der Waals surface area contributed by atoms with Gasteiger partial charge in [0, 0.05) is 13.1 Å². The maximum Gasteiger partial charge on any atom is 0.0586 e. The number of nitrogens with zero attached hydrogens (tertiary/aromatic N) is 1. The Morgan fingerprint density at radius 3 is 2.62 bits per heavy atom. The summed E-state index contributed by atoms with van der Waals surface area (Å²) in [5.74, 6) is 1.57. The lowest BCUT2D eigenvalue weighted by Crippen LogP contribution is -2.55. The number of hydrogen-bond donors (Lipinski definition) is 1. The second kappa shape index (κ2) is 6.10. The van der Waals surface area contributed by atoms with E-state index in [1.54, 1.807) is 0 Å². The van der Waals surface area contributed by atoms with Crippen molar-refractivity contribution in [3.05, 3.63) is 35.4 Å². The molecule has 0 spiro atoms. The van der Waals surface area contributed by atoms with Crippen molar-refractivity contribution in [1.82, 2.24) is 4.90 Å². The van der Waals surface area contributed by atoms with Crippen LogP contribution in [0.5, 0.6) is 0 Å². The van der Waals surface area contributed by atoms with Gasteiger partial charge in [0.15, 0.2) is 0 Å². The molecule has 116 valence electrons. The molecule has 0 aliphatic heterocycles. The van der Waals surface area contributed by atoms with Crippen LogP contribution in [0.1, 0.15) is 63.0 Å². The first-order chi connectivity index (χ1) is 10.2. The third-order valence-corrected chi connectivity index (χ3v) is 6.01. The number of likely N-dealkylation sites (N-methyl/N-ethyl adjacent to an activating group) is 1. The van der Waals surface area contributed by atoms with Crippen molar-refractivity contribution in [1.29, 1.82) is 0 Å². The van der Waals surface area contributed by atoms with Crippen molar-refractivity contribution in [2.75, 3.05) is 19.6 Å². The van der Waals surface area contributed by atoms with E-state index in [9.17, 15) is 0 Å². The van der Waals surface area contributed by atoms with Gasteiger partial charge in [0.1, 0.15) is 0 Å². The van der Waals surface area contributed by atoms with E-state index in [2.05, 4.69) is 43.0 Å². The first kappa shape index (κ1) is 15.1. The zero-order valence-electron chi connectivity index (χ0n) is 13.6. The first-order valence-corrected chi connectivity index (χ1v) is 8.75. The summed E-state index contributed by atoms with van der Waals surface area (Å²) >= 11 is 0. The molecule has 2 aliphatic carbocycles. The van der Waals surface area contributed by atoms with Crippen LogP contribution in [0.3, 0.4) is 0 Å². The molecule has 2 aliphatic rings. The zero-order valence-corrected chi connectivity index (χ0v) is 13.6. The number of hydrogen-bond acceptors (Lipinski definition) is 2. The van der Waals surface area contributed by atoms with Crippen LogP contribution in [0.25, 0.3) is 0 Å². The van der Waals surface area contributed by atoms with Gasteiger partial charge >= 0.3 is 0 Å². The molecule has 0 saturated heterocycles. The predicted octanol–water partition coefficient (Wildman–Crippen LogP) is 3.86. The molecule has 1 fully saturated rings. The van der Waals surface area contributed by atoms with Crippen LogP contribution in [0.2, 0.25) is 0 Å². The molecule has 2 atom stereocenters. The summed E-state index contributed by atoms with van der Waals surface area (Å²) in [5, 5.41) is 0. The van der Waals surface area contributed by atoms with Gasteiger partial charge in [0.05, 0.1) is 5.54 Å². The summed E-state index contributed by atoms with van der Waals surface area (Å²) in [7, 11) is 0. The maximum absolute atomic E-state index is 6.37. The summed E-state index contributed by atoms with van der Waals surface area (Å²) in [6.07, 6.45) is 6.72. The third kappa shape index (κ3) is 2.53. The van der Waals surface area contributed by atoms with Crippen molar-refractivity contribution in [3.63, 3.8) is 0 Å². The fourth-order valence-electron chi connectivity index (χ4n) is 4.36. The quantitative estimate of drug-likeness (QED) is 0.890. The van der Waals surface area contributed by atoms with Gasteiger partial charge in [0.25, 0.3) is 0 Å². The lowest BCUT2D eigenvalue weighted by Gasteiger charge is -2.50. The Labute approximate surface area is 129 Å². The minimum atomic E-state index is 0.0768. The van der Waals surface area contributed by atoms with E-state index in [1.165, 1.54) is 49.8 Å². The van der Waals surface area contributed by atoms with E-state index >= 15 is 0 Å². The highest BCUT2D eigenvalue weighted by Gasteiger charge is 2.42. The lowest BCUT2D eigenvalue weighted by molar-refractivity contribution is 0.0447. The molecule has 0 amide bonds. The SMILES string of the molecule is CCN(CC1CCC1)C1(CN)CCC(C)c2ccccc21. The van der Waals surface area contributed by atoms with Crippen LogP contribution in [-0.4, -0.2) is 24.5 Å². The Morgan fingerprint density at radius 2 is 2.00 bits per heavy atom. The normalized spacial score (nSPS) is 29.2. The molecule has 2 heteroatoms. The molecule has 1 saturated carbocycles. The van der Waals surface area contributed by atoms with Gasteiger partial charge in [-0.05, 0) is 55.2 Å². The Bertz CT molecular complexity index is 480. The topological polar surface area (TPSA) is 29.3 Å². The number of nitrogens with two attached hydrogens (primary N) is 1. The second-order valence-electron chi connectivity index (χ2n) is 7.10. The Hall–Kier alpha value is -0.860. The summed E-state index contributed by atoms with van der Waals surface area (Å²) in [6.45, 7) is 7.75. The zero-order chi connectivity index (χ0) is 14.9. The van der Waals surface area contributed by atoms with E-state index in [4.69, 9.17) is 5.73 Å². The molecule has 0 radical (unpaired) electrons. The second-order valence-corrected chi connectivity index (χ2v) is 7.10. The minimum absolute atomic E-state index is 0.0768. The van der Waals surface area contributed by atoms with Crippen molar-refractivity contribution in [2.24, 2.45) is 11.7 Å². The van der Waals surface area contributed by atoms with Crippen LogP contribution < -0.4 is 5.73 Å². The summed E-state index contributed by atoms with van der Waals surface area (Å²) in [4.78, 5) is 2.70. The van der Waals surface area contributed by atoms with Crippen molar-refractivity contribution in [3.8, 4) is 0 Å². The highest BCUT2D eigenvalue weighted by molar-refractivity contribution is 5.39. The van der Waals surface area contributed by atoms with Gasteiger partial charge in [-0.25, -0.2) is 0 Å². The first-order valence-electron chi connectivity index (χ1n) is 8.75. The number of benzene rings is 1. The summed E-state index contributed by atoms with van der Waals surface area (Å²) in [5.41, 5.74) is 9.48.